The quantitative estimate of drug-likeness (QED) is 0.827. The predicted molar refractivity (Wildman–Crippen MR) is 98.3 cm³/mol. The van der Waals surface area contributed by atoms with E-state index >= 15 is 0 Å². The van der Waals surface area contributed by atoms with E-state index in [0.717, 1.165) is 23.9 Å². The normalized spacial score (nSPS) is 15.4. The van der Waals surface area contributed by atoms with E-state index in [1.54, 1.807) is 13.2 Å². The minimum atomic E-state index is -4.57. The first kappa shape index (κ1) is 20.6. The lowest BCUT2D eigenvalue weighted by atomic mass is 9.73. The van der Waals surface area contributed by atoms with Gasteiger partial charge >= 0.3 is 6.18 Å². The van der Waals surface area contributed by atoms with Gasteiger partial charge in [-0.1, -0.05) is 12.1 Å². The first-order valence-corrected chi connectivity index (χ1v) is 8.86. The lowest BCUT2D eigenvalue weighted by Crippen LogP contribution is -2.65. The second kappa shape index (κ2) is 7.73. The summed E-state index contributed by atoms with van der Waals surface area (Å²) in [7, 11) is 3.08. The van der Waals surface area contributed by atoms with Crippen LogP contribution in [0.15, 0.2) is 42.6 Å². The Labute approximate surface area is 165 Å². The highest BCUT2D eigenvalue weighted by molar-refractivity contribution is 5.96. The van der Waals surface area contributed by atoms with Crippen molar-refractivity contribution in [3.8, 4) is 5.75 Å². The van der Waals surface area contributed by atoms with E-state index < -0.39 is 23.2 Å². The van der Waals surface area contributed by atoms with Crippen LogP contribution in [0.4, 0.5) is 13.2 Å². The van der Waals surface area contributed by atoms with E-state index in [1.165, 1.54) is 11.9 Å². The van der Waals surface area contributed by atoms with Gasteiger partial charge in [-0.2, -0.15) is 13.2 Å². The smallest absolute Gasteiger partial charge is 0.433 e. The summed E-state index contributed by atoms with van der Waals surface area (Å²) in [4.78, 5) is 29.9. The molecule has 1 aliphatic heterocycles. The molecule has 1 aromatic heterocycles. The zero-order valence-corrected chi connectivity index (χ0v) is 15.9. The Morgan fingerprint density at radius 2 is 1.97 bits per heavy atom. The van der Waals surface area contributed by atoms with Crippen molar-refractivity contribution in [3.05, 3.63) is 59.4 Å². The van der Waals surface area contributed by atoms with Gasteiger partial charge < -0.3 is 15.0 Å². The molecule has 1 aliphatic rings. The molecule has 0 bridgehead atoms. The fraction of sp³-hybridized carbons (Fsp3) is 0.350. The highest BCUT2D eigenvalue weighted by Gasteiger charge is 2.50. The van der Waals surface area contributed by atoms with Crippen molar-refractivity contribution in [2.75, 3.05) is 27.2 Å². The minimum Gasteiger partial charge on any atom is -0.497 e. The zero-order chi connectivity index (χ0) is 21.2. The summed E-state index contributed by atoms with van der Waals surface area (Å²) >= 11 is 0. The van der Waals surface area contributed by atoms with Gasteiger partial charge in [0.25, 0.3) is 5.91 Å². The van der Waals surface area contributed by atoms with Crippen LogP contribution in [0, 0.1) is 5.41 Å². The van der Waals surface area contributed by atoms with Gasteiger partial charge in [0, 0.05) is 26.3 Å². The number of benzene rings is 1. The van der Waals surface area contributed by atoms with Crippen molar-refractivity contribution in [1.82, 2.24) is 15.2 Å². The van der Waals surface area contributed by atoms with E-state index in [-0.39, 0.29) is 24.6 Å². The highest BCUT2D eigenvalue weighted by atomic mass is 19.4. The second-order valence-corrected chi connectivity index (χ2v) is 6.98. The average Bonchev–Trinajstić information content (AvgIpc) is 2.69. The molecule has 154 valence electrons. The Morgan fingerprint density at radius 1 is 1.24 bits per heavy atom. The van der Waals surface area contributed by atoms with Gasteiger partial charge in [-0.25, -0.2) is 0 Å². The average molecular weight is 407 g/mol. The summed E-state index contributed by atoms with van der Waals surface area (Å²) in [6.07, 6.45) is -3.25. The number of nitrogens with one attached hydrogen (secondary N) is 1. The van der Waals surface area contributed by atoms with Gasteiger partial charge in [0.2, 0.25) is 5.91 Å². The van der Waals surface area contributed by atoms with Gasteiger partial charge in [0.05, 0.1) is 18.1 Å². The summed E-state index contributed by atoms with van der Waals surface area (Å²) in [5.41, 5.74) is -0.938. The Bertz CT molecular complexity index is 907. The van der Waals surface area contributed by atoms with Crippen molar-refractivity contribution in [2.24, 2.45) is 5.41 Å². The Hall–Kier alpha value is -3.10. The molecule has 1 N–H and O–H groups in total. The lowest BCUT2D eigenvalue weighted by molar-refractivity contribution is -0.141. The van der Waals surface area contributed by atoms with E-state index in [0.29, 0.717) is 12.2 Å². The monoisotopic (exact) mass is 407 g/mol. The largest absolute Gasteiger partial charge is 0.497 e. The molecule has 1 fully saturated rings. The van der Waals surface area contributed by atoms with Crippen LogP contribution in [0.5, 0.6) is 5.75 Å². The van der Waals surface area contributed by atoms with Gasteiger partial charge in [-0.15, -0.1) is 0 Å². The molecule has 2 aromatic rings. The number of amides is 2. The summed E-state index contributed by atoms with van der Waals surface area (Å²) in [6.45, 7) is 0.313. The number of aromatic nitrogens is 1. The molecule has 1 aromatic carbocycles. The van der Waals surface area contributed by atoms with Crippen LogP contribution in [0.1, 0.15) is 21.6 Å². The Morgan fingerprint density at radius 3 is 2.52 bits per heavy atom. The third-order valence-electron chi connectivity index (χ3n) is 4.96. The molecule has 29 heavy (non-hydrogen) atoms. The first-order chi connectivity index (χ1) is 13.7. The van der Waals surface area contributed by atoms with Crippen molar-refractivity contribution in [3.63, 3.8) is 0 Å². The molecule has 0 radical (unpaired) electrons. The number of carbonyl (C=O) groups is 2. The molecule has 3 rings (SSSR count). The molecular formula is C20H20F3N3O3. The molecule has 6 nitrogen and oxygen atoms in total. The molecule has 1 saturated heterocycles. The van der Waals surface area contributed by atoms with Gasteiger partial charge in [-0.3, -0.25) is 14.6 Å². The molecule has 2 amide bonds. The maximum absolute atomic E-state index is 12.6. The molecule has 0 atom stereocenters. The van der Waals surface area contributed by atoms with Crippen LogP contribution >= 0.6 is 0 Å². The van der Waals surface area contributed by atoms with Crippen LogP contribution < -0.4 is 10.1 Å². The van der Waals surface area contributed by atoms with E-state index in [1.807, 2.05) is 18.2 Å². The number of hydrogen-bond donors (Lipinski definition) is 1. The molecule has 0 spiro atoms. The maximum Gasteiger partial charge on any atom is 0.433 e. The minimum absolute atomic E-state index is 0.0462. The van der Waals surface area contributed by atoms with Crippen LogP contribution in [0.25, 0.3) is 0 Å². The van der Waals surface area contributed by atoms with Crippen molar-refractivity contribution in [1.29, 1.82) is 0 Å². The maximum atomic E-state index is 12.6. The molecule has 2 heterocycles. The van der Waals surface area contributed by atoms with Gasteiger partial charge in [0.15, 0.2) is 0 Å². The van der Waals surface area contributed by atoms with E-state index in [2.05, 4.69) is 10.3 Å². The molecule has 0 unspecified atom stereocenters. The first-order valence-electron chi connectivity index (χ1n) is 8.86. The van der Waals surface area contributed by atoms with Gasteiger partial charge in [0.1, 0.15) is 11.4 Å². The number of hydrogen-bond acceptors (Lipinski definition) is 4. The number of pyridine rings is 1. The standard InChI is InChI=1S/C20H20F3N3O3/c1-24-18(28)19(9-13-4-3-5-15(8-13)29-2)11-26(12-19)17(27)14-6-7-16(25-10-14)20(21,22)23/h3-8,10H,9,11-12H2,1-2H3,(H,24,28). The third-order valence-corrected chi connectivity index (χ3v) is 4.96. The topological polar surface area (TPSA) is 71.5 Å². The number of halogens is 3. The van der Waals surface area contributed by atoms with Crippen molar-refractivity contribution in [2.45, 2.75) is 12.6 Å². The number of likely N-dealkylation sites (tertiary alicyclic amines) is 1. The Kier molecular flexibility index (Phi) is 5.50. The third kappa shape index (κ3) is 4.18. The summed E-state index contributed by atoms with van der Waals surface area (Å²) < 4.78 is 43.1. The number of alkyl halides is 3. The predicted octanol–water partition coefficient (Wildman–Crippen LogP) is 2.54. The molecule has 0 saturated carbocycles. The number of methoxy groups -OCH3 is 1. The number of nitrogens with zero attached hydrogens (tertiary/aromatic N) is 2. The van der Waals surface area contributed by atoms with E-state index in [4.69, 9.17) is 4.74 Å². The van der Waals surface area contributed by atoms with Crippen LogP contribution in [-0.4, -0.2) is 48.9 Å². The fourth-order valence-electron chi connectivity index (χ4n) is 3.47. The number of ether oxygens (including phenoxy) is 1. The zero-order valence-electron chi connectivity index (χ0n) is 15.9. The SMILES string of the molecule is CNC(=O)C1(Cc2cccc(OC)c2)CN(C(=O)c2ccc(C(F)(F)F)nc2)C1. The number of carbonyl (C=O) groups excluding carboxylic acids is 2. The molecule has 9 heteroatoms. The summed E-state index contributed by atoms with van der Waals surface area (Å²) in [5, 5.41) is 2.63. The van der Waals surface area contributed by atoms with E-state index in [9.17, 15) is 22.8 Å². The van der Waals surface area contributed by atoms with Crippen LogP contribution in [0.3, 0.4) is 0 Å². The highest BCUT2D eigenvalue weighted by Crippen LogP contribution is 2.36. The van der Waals surface area contributed by atoms with Crippen molar-refractivity contribution >= 4 is 11.8 Å². The van der Waals surface area contributed by atoms with Crippen LogP contribution in [-0.2, 0) is 17.4 Å². The second-order valence-electron chi connectivity index (χ2n) is 6.98. The fourth-order valence-corrected chi connectivity index (χ4v) is 3.47. The summed E-state index contributed by atoms with van der Waals surface area (Å²) in [5.74, 6) is 0.00366. The van der Waals surface area contributed by atoms with Gasteiger partial charge in [-0.05, 0) is 36.2 Å². The summed E-state index contributed by atoms with van der Waals surface area (Å²) in [6, 6.07) is 9.19. The Balaban J connectivity index is 1.74. The lowest BCUT2D eigenvalue weighted by Gasteiger charge is -2.48. The molecule has 0 aliphatic carbocycles. The van der Waals surface area contributed by atoms with Crippen molar-refractivity contribution < 1.29 is 27.5 Å². The van der Waals surface area contributed by atoms with Crippen LogP contribution in [0.2, 0.25) is 0 Å². The number of rotatable bonds is 5. The molecular weight excluding hydrogens is 387 g/mol.